The maximum absolute atomic E-state index is 12.2. The average molecular weight is 467 g/mol. The molecule has 1 spiro atoms. The highest BCUT2D eigenvalue weighted by molar-refractivity contribution is 5.87. The molecule has 0 aromatic heterocycles. The van der Waals surface area contributed by atoms with Gasteiger partial charge < -0.3 is 29.6 Å². The molecule has 2 N–H and O–H groups in total. The highest BCUT2D eigenvalue weighted by atomic mass is 16.6. The molecule has 1 aliphatic carbocycles. The van der Waals surface area contributed by atoms with Gasteiger partial charge in [-0.05, 0) is 58.4 Å². The first-order valence-electron chi connectivity index (χ1n) is 11.9. The number of nitrogens with one attached hydrogen (secondary N) is 2. The second-order valence-electron chi connectivity index (χ2n) is 10.2. The highest BCUT2D eigenvalue weighted by Gasteiger charge is 2.54. The number of rotatable bonds is 8. The van der Waals surface area contributed by atoms with Crippen LogP contribution in [0.15, 0.2) is 12.2 Å². The minimum Gasteiger partial charge on any atom is -0.459 e. The molecule has 9 nitrogen and oxygen atoms in total. The third-order valence-corrected chi connectivity index (χ3v) is 6.38. The van der Waals surface area contributed by atoms with Crippen LogP contribution in [0.4, 0.5) is 4.79 Å². The van der Waals surface area contributed by atoms with Gasteiger partial charge in [0.15, 0.2) is 0 Å². The van der Waals surface area contributed by atoms with E-state index in [-0.39, 0.29) is 41.8 Å². The Balaban J connectivity index is 1.28. The molecule has 3 aliphatic rings. The molecule has 0 aromatic carbocycles. The summed E-state index contributed by atoms with van der Waals surface area (Å²) in [5.74, 6) is -0.209. The van der Waals surface area contributed by atoms with Gasteiger partial charge in [-0.25, -0.2) is 4.79 Å². The Bertz CT molecular complexity index is 733. The molecule has 2 saturated heterocycles. The number of alkyl carbamates (subject to hydrolysis) is 1. The van der Waals surface area contributed by atoms with Crippen molar-refractivity contribution in [3.05, 3.63) is 12.2 Å². The summed E-state index contributed by atoms with van der Waals surface area (Å²) in [5.41, 5.74) is -0.361. The number of ether oxygens (including phenoxy) is 4. The van der Waals surface area contributed by atoms with Gasteiger partial charge in [0.2, 0.25) is 5.91 Å². The van der Waals surface area contributed by atoms with E-state index >= 15 is 0 Å². The van der Waals surface area contributed by atoms with Crippen molar-refractivity contribution in [2.75, 3.05) is 19.8 Å². The van der Waals surface area contributed by atoms with Crippen molar-refractivity contribution in [1.29, 1.82) is 0 Å². The SMILES string of the molecule is CC(=O)O[C@@H](C)/C=C\C(=O)NC1CCC(CNC(=O)OC[C@@H]2C[C@]3(CO3)CC(C)(C)O2)CC1. The second kappa shape index (κ2) is 10.9. The average Bonchev–Trinajstić information content (AvgIpc) is 3.46. The molecule has 0 bridgehead atoms. The lowest BCUT2D eigenvalue weighted by Gasteiger charge is -2.39. The predicted octanol–water partition coefficient (Wildman–Crippen LogP) is 2.62. The Morgan fingerprint density at radius 3 is 2.52 bits per heavy atom. The van der Waals surface area contributed by atoms with Crippen LogP contribution in [0.3, 0.4) is 0 Å². The van der Waals surface area contributed by atoms with Crippen LogP contribution in [0.5, 0.6) is 0 Å². The molecular formula is C24H38N2O7. The van der Waals surface area contributed by atoms with Crippen molar-refractivity contribution in [3.63, 3.8) is 0 Å². The van der Waals surface area contributed by atoms with Crippen LogP contribution in [0.2, 0.25) is 0 Å². The number of epoxide rings is 1. The highest BCUT2D eigenvalue weighted by Crippen LogP contribution is 2.45. The number of hydrogen-bond acceptors (Lipinski definition) is 7. The fourth-order valence-corrected chi connectivity index (χ4v) is 4.94. The van der Waals surface area contributed by atoms with E-state index < -0.39 is 12.2 Å². The van der Waals surface area contributed by atoms with Crippen LogP contribution in [0.1, 0.15) is 66.2 Å². The Morgan fingerprint density at radius 2 is 1.88 bits per heavy atom. The summed E-state index contributed by atoms with van der Waals surface area (Å²) in [6, 6.07) is 0.109. The van der Waals surface area contributed by atoms with Crippen molar-refractivity contribution in [2.24, 2.45) is 5.92 Å². The summed E-state index contributed by atoms with van der Waals surface area (Å²) in [6.45, 7) is 8.67. The van der Waals surface area contributed by atoms with E-state index in [1.54, 1.807) is 13.0 Å². The predicted molar refractivity (Wildman–Crippen MR) is 120 cm³/mol. The van der Waals surface area contributed by atoms with E-state index in [1.165, 1.54) is 13.0 Å². The first-order chi connectivity index (χ1) is 15.5. The normalized spacial score (nSPS) is 31.6. The van der Waals surface area contributed by atoms with E-state index in [2.05, 4.69) is 10.6 Å². The molecule has 1 saturated carbocycles. The van der Waals surface area contributed by atoms with Crippen LogP contribution < -0.4 is 10.6 Å². The topological polar surface area (TPSA) is 115 Å². The van der Waals surface area contributed by atoms with E-state index in [4.69, 9.17) is 18.9 Å². The third-order valence-electron chi connectivity index (χ3n) is 6.38. The molecule has 0 radical (unpaired) electrons. The minimum atomic E-state index is -0.436. The smallest absolute Gasteiger partial charge is 0.407 e. The Morgan fingerprint density at radius 1 is 1.18 bits per heavy atom. The monoisotopic (exact) mass is 466 g/mol. The molecule has 33 heavy (non-hydrogen) atoms. The molecule has 186 valence electrons. The molecular weight excluding hydrogens is 428 g/mol. The van der Waals surface area contributed by atoms with E-state index in [9.17, 15) is 14.4 Å². The molecule has 3 rings (SSSR count). The molecule has 9 heteroatoms. The lowest BCUT2D eigenvalue weighted by Crippen LogP contribution is -2.46. The summed E-state index contributed by atoms with van der Waals surface area (Å²) < 4.78 is 22.0. The second-order valence-corrected chi connectivity index (χ2v) is 10.2. The van der Waals surface area contributed by atoms with Gasteiger partial charge in [-0.3, -0.25) is 9.59 Å². The van der Waals surface area contributed by atoms with E-state index in [0.717, 1.165) is 45.1 Å². The molecule has 0 unspecified atom stereocenters. The maximum atomic E-state index is 12.2. The Kier molecular flexibility index (Phi) is 8.39. The van der Waals surface area contributed by atoms with Gasteiger partial charge in [0.1, 0.15) is 12.7 Å². The standard InChI is InChI=1S/C24H38N2O7/c1-16(32-17(2)27)5-10-21(28)26-19-8-6-18(7-9-19)12-25-22(29)30-13-20-11-24(15-31-24)14-23(3,4)33-20/h5,10,16,18-20H,6-9,11-15H2,1-4H3,(H,25,29)(H,26,28)/b10-5-/t16-,18?,19?,20-,24+/m0/s1. The van der Waals surface area contributed by atoms with Crippen LogP contribution in [0, 0.1) is 5.92 Å². The van der Waals surface area contributed by atoms with Gasteiger partial charge in [0.25, 0.3) is 0 Å². The first-order valence-corrected chi connectivity index (χ1v) is 11.9. The van der Waals surface area contributed by atoms with E-state index in [0.29, 0.717) is 12.5 Å². The summed E-state index contributed by atoms with van der Waals surface area (Å²) in [4.78, 5) is 35.1. The zero-order valence-corrected chi connectivity index (χ0v) is 20.2. The van der Waals surface area contributed by atoms with Gasteiger partial charge in [-0.15, -0.1) is 0 Å². The molecule has 2 heterocycles. The fourth-order valence-electron chi connectivity index (χ4n) is 4.94. The number of esters is 1. The van der Waals surface area contributed by atoms with Crippen LogP contribution in [-0.2, 0) is 28.5 Å². The molecule has 0 aromatic rings. The number of carbonyl (C=O) groups is 3. The van der Waals surface area contributed by atoms with Crippen molar-refractivity contribution >= 4 is 18.0 Å². The first kappa shape index (κ1) is 25.5. The van der Waals surface area contributed by atoms with Crippen molar-refractivity contribution in [3.8, 4) is 0 Å². The van der Waals surface area contributed by atoms with E-state index in [1.807, 2.05) is 13.8 Å². The minimum absolute atomic E-state index is 0.0866. The quantitative estimate of drug-likeness (QED) is 0.321. The summed E-state index contributed by atoms with van der Waals surface area (Å²) in [7, 11) is 0. The van der Waals surface area contributed by atoms with Gasteiger partial charge in [0, 0.05) is 38.4 Å². The number of amides is 2. The van der Waals surface area contributed by atoms with Crippen molar-refractivity contribution in [1.82, 2.24) is 10.6 Å². The molecule has 2 amide bonds. The molecule has 3 fully saturated rings. The van der Waals surface area contributed by atoms with Gasteiger partial charge in [-0.1, -0.05) is 0 Å². The van der Waals surface area contributed by atoms with Crippen molar-refractivity contribution < 1.29 is 33.3 Å². The summed E-state index contributed by atoms with van der Waals surface area (Å²) >= 11 is 0. The van der Waals surface area contributed by atoms with Crippen LogP contribution >= 0.6 is 0 Å². The zero-order valence-electron chi connectivity index (χ0n) is 20.2. The largest absolute Gasteiger partial charge is 0.459 e. The van der Waals surface area contributed by atoms with Gasteiger partial charge >= 0.3 is 12.1 Å². The molecule has 3 atom stereocenters. The maximum Gasteiger partial charge on any atom is 0.407 e. The third kappa shape index (κ3) is 8.62. The van der Waals surface area contributed by atoms with Gasteiger partial charge in [-0.2, -0.15) is 0 Å². The Hall–Kier alpha value is -2.13. The molecule has 2 aliphatic heterocycles. The van der Waals surface area contributed by atoms with Crippen LogP contribution in [-0.4, -0.2) is 67.2 Å². The number of carbonyl (C=O) groups excluding carboxylic acids is 3. The van der Waals surface area contributed by atoms with Gasteiger partial charge in [0.05, 0.1) is 23.9 Å². The zero-order chi connectivity index (χ0) is 24.1. The summed E-state index contributed by atoms with van der Waals surface area (Å²) in [6.07, 6.45) is 7.14. The van der Waals surface area contributed by atoms with Crippen molar-refractivity contribution in [2.45, 2.75) is 95.7 Å². The fraction of sp³-hybridized carbons (Fsp3) is 0.792. The Labute approximate surface area is 195 Å². The van der Waals surface area contributed by atoms with Crippen LogP contribution in [0.25, 0.3) is 0 Å². The summed E-state index contributed by atoms with van der Waals surface area (Å²) in [5, 5.41) is 5.85. The lowest BCUT2D eigenvalue weighted by molar-refractivity contribution is -0.144. The number of hydrogen-bond donors (Lipinski definition) is 2. The lowest BCUT2D eigenvalue weighted by atomic mass is 9.86.